The van der Waals surface area contributed by atoms with Crippen molar-refractivity contribution in [3.8, 4) is 5.75 Å². The highest BCUT2D eigenvalue weighted by Crippen LogP contribution is 2.35. The number of nitrogens with zero attached hydrogens (tertiary/aromatic N) is 2. The van der Waals surface area contributed by atoms with E-state index in [2.05, 4.69) is 16.3 Å². The van der Waals surface area contributed by atoms with E-state index >= 15 is 0 Å². The molecule has 0 atom stereocenters. The van der Waals surface area contributed by atoms with Crippen molar-refractivity contribution >= 4 is 32.6 Å². The molecule has 0 aliphatic carbocycles. The Balaban J connectivity index is 1.30. The molecule has 2 saturated heterocycles. The quantitative estimate of drug-likeness (QED) is 0.851. The first-order chi connectivity index (χ1) is 13.2. The average Bonchev–Trinajstić information content (AvgIpc) is 3.13. The Morgan fingerprint density at radius 2 is 2.07 bits per heavy atom. The van der Waals surface area contributed by atoms with Gasteiger partial charge in [-0.15, -0.1) is 0 Å². The molecule has 1 aromatic carbocycles. The van der Waals surface area contributed by atoms with Gasteiger partial charge in [0.05, 0.1) is 11.8 Å². The number of aromatic nitrogens is 1. The van der Waals surface area contributed by atoms with Crippen LogP contribution in [0.4, 0.5) is 5.13 Å². The van der Waals surface area contributed by atoms with Crippen molar-refractivity contribution < 1.29 is 14.3 Å². The highest BCUT2D eigenvalue weighted by molar-refractivity contribution is 7.22. The molecule has 1 N–H and O–H groups in total. The molecule has 146 valence electrons. The Labute approximate surface area is 163 Å². The zero-order valence-corrected chi connectivity index (χ0v) is 16.6. The Morgan fingerprint density at radius 1 is 1.30 bits per heavy atom. The van der Waals surface area contributed by atoms with Crippen LogP contribution < -0.4 is 15.0 Å². The first-order valence-electron chi connectivity index (χ1n) is 9.78. The average molecular weight is 390 g/mol. The zero-order chi connectivity index (χ0) is 18.6. The largest absolute Gasteiger partial charge is 0.494 e. The number of rotatable bonds is 5. The molecular weight excluding hydrogens is 362 g/mol. The number of methoxy groups -OCH3 is 1. The lowest BCUT2D eigenvalue weighted by molar-refractivity contribution is -0.123. The van der Waals surface area contributed by atoms with Crippen LogP contribution in [0.15, 0.2) is 18.2 Å². The summed E-state index contributed by atoms with van der Waals surface area (Å²) in [5.41, 5.74) is 0.943. The van der Waals surface area contributed by atoms with Gasteiger partial charge in [-0.3, -0.25) is 4.79 Å². The number of piperidine rings is 1. The third-order valence-electron chi connectivity index (χ3n) is 5.54. The molecule has 2 aliphatic rings. The number of fused-ring (bicyclic) bond motifs is 1. The highest BCUT2D eigenvalue weighted by Gasteiger charge is 2.25. The molecule has 1 aromatic heterocycles. The predicted molar refractivity (Wildman–Crippen MR) is 108 cm³/mol. The van der Waals surface area contributed by atoms with Crippen LogP contribution in [0.25, 0.3) is 10.2 Å². The Hall–Kier alpha value is -1.86. The first-order valence-corrected chi connectivity index (χ1v) is 10.6. The number of amides is 1. The number of hydrogen-bond donors (Lipinski definition) is 1. The number of para-hydroxylation sites is 1. The second kappa shape index (κ2) is 8.44. The van der Waals surface area contributed by atoms with Gasteiger partial charge in [0.15, 0.2) is 5.13 Å². The maximum atomic E-state index is 12.3. The van der Waals surface area contributed by atoms with E-state index < -0.39 is 0 Å². The van der Waals surface area contributed by atoms with Crippen molar-refractivity contribution in [2.24, 2.45) is 5.92 Å². The molecule has 6 nitrogen and oxygen atoms in total. The third-order valence-corrected chi connectivity index (χ3v) is 6.62. The van der Waals surface area contributed by atoms with Gasteiger partial charge in [-0.05, 0) is 43.7 Å². The summed E-state index contributed by atoms with van der Waals surface area (Å²) < 4.78 is 11.9. The van der Waals surface area contributed by atoms with E-state index in [1.54, 1.807) is 18.4 Å². The molecule has 0 bridgehead atoms. The van der Waals surface area contributed by atoms with E-state index in [0.29, 0.717) is 18.4 Å². The monoisotopic (exact) mass is 389 g/mol. The summed E-state index contributed by atoms with van der Waals surface area (Å²) in [7, 11) is 1.69. The molecule has 2 aromatic rings. The first kappa shape index (κ1) is 18.5. The lowest BCUT2D eigenvalue weighted by Gasteiger charge is -2.32. The number of carbonyl (C=O) groups excluding carboxylic acids is 1. The number of benzene rings is 1. The van der Waals surface area contributed by atoms with Crippen LogP contribution in [0, 0.1) is 5.92 Å². The summed E-state index contributed by atoms with van der Waals surface area (Å²) >= 11 is 1.72. The van der Waals surface area contributed by atoms with Crippen LogP contribution in [0.2, 0.25) is 0 Å². The second-order valence-electron chi connectivity index (χ2n) is 7.39. The minimum Gasteiger partial charge on any atom is -0.494 e. The molecule has 1 amide bonds. The molecule has 2 aliphatic heterocycles. The van der Waals surface area contributed by atoms with Gasteiger partial charge in [0.2, 0.25) is 5.91 Å². The maximum Gasteiger partial charge on any atom is 0.220 e. The lowest BCUT2D eigenvalue weighted by atomic mass is 9.93. The molecule has 7 heteroatoms. The summed E-state index contributed by atoms with van der Waals surface area (Å²) in [4.78, 5) is 19.5. The number of ether oxygens (including phenoxy) is 2. The van der Waals surface area contributed by atoms with Gasteiger partial charge in [-0.25, -0.2) is 4.98 Å². The highest BCUT2D eigenvalue weighted by atomic mass is 32.1. The van der Waals surface area contributed by atoms with Gasteiger partial charge in [0.1, 0.15) is 11.3 Å². The smallest absolute Gasteiger partial charge is 0.220 e. The van der Waals surface area contributed by atoms with Crippen LogP contribution in [-0.2, 0) is 9.53 Å². The van der Waals surface area contributed by atoms with E-state index in [4.69, 9.17) is 14.5 Å². The van der Waals surface area contributed by atoms with Gasteiger partial charge in [-0.2, -0.15) is 0 Å². The maximum absolute atomic E-state index is 12.3. The zero-order valence-electron chi connectivity index (χ0n) is 15.8. The van der Waals surface area contributed by atoms with E-state index in [1.165, 1.54) is 0 Å². The Morgan fingerprint density at radius 3 is 2.81 bits per heavy atom. The molecule has 3 heterocycles. The fourth-order valence-corrected chi connectivity index (χ4v) is 4.97. The number of thiazole rings is 1. The summed E-state index contributed by atoms with van der Waals surface area (Å²) in [6.45, 7) is 3.43. The molecule has 4 rings (SSSR count). The van der Waals surface area contributed by atoms with Crippen molar-refractivity contribution in [1.29, 1.82) is 0 Å². The Bertz CT molecular complexity index is 780. The van der Waals surface area contributed by atoms with Crippen LogP contribution in [-0.4, -0.2) is 50.3 Å². The standard InChI is InChI=1S/C20H27N3O3S/c1-25-16-3-2-4-17-19(16)22-20(27-17)23-9-5-14(6-10-23)13-18(24)21-15-7-11-26-12-8-15/h2-4,14-15H,5-13H2,1H3,(H,21,24). The molecule has 0 spiro atoms. The fourth-order valence-electron chi connectivity index (χ4n) is 3.93. The minimum atomic E-state index is 0.199. The van der Waals surface area contributed by atoms with Crippen molar-refractivity contribution in [2.45, 2.75) is 38.1 Å². The summed E-state index contributed by atoms with van der Waals surface area (Å²) in [6.07, 6.45) is 4.58. The van der Waals surface area contributed by atoms with E-state index in [9.17, 15) is 4.79 Å². The molecular formula is C20H27N3O3S. The van der Waals surface area contributed by atoms with Gasteiger partial charge in [0.25, 0.3) is 0 Å². The third kappa shape index (κ3) is 4.35. The molecule has 2 fully saturated rings. The van der Waals surface area contributed by atoms with Crippen LogP contribution in [0.3, 0.4) is 0 Å². The summed E-state index contributed by atoms with van der Waals surface area (Å²) in [6, 6.07) is 6.34. The van der Waals surface area contributed by atoms with Gasteiger partial charge >= 0.3 is 0 Å². The summed E-state index contributed by atoms with van der Waals surface area (Å²) in [5.74, 6) is 1.49. The van der Waals surface area contributed by atoms with Gasteiger partial charge in [0, 0.05) is 38.8 Å². The number of hydrogen-bond acceptors (Lipinski definition) is 6. The van der Waals surface area contributed by atoms with Crippen molar-refractivity contribution in [3.63, 3.8) is 0 Å². The van der Waals surface area contributed by atoms with E-state index in [0.717, 1.165) is 73.1 Å². The molecule has 0 saturated carbocycles. The second-order valence-corrected chi connectivity index (χ2v) is 8.40. The molecule has 0 radical (unpaired) electrons. The van der Waals surface area contributed by atoms with Crippen LogP contribution >= 0.6 is 11.3 Å². The minimum absolute atomic E-state index is 0.199. The predicted octanol–water partition coefficient (Wildman–Crippen LogP) is 3.21. The van der Waals surface area contributed by atoms with Crippen LogP contribution in [0.1, 0.15) is 32.1 Å². The number of anilines is 1. The van der Waals surface area contributed by atoms with Crippen molar-refractivity contribution in [3.05, 3.63) is 18.2 Å². The summed E-state index contributed by atoms with van der Waals surface area (Å²) in [5, 5.41) is 4.24. The van der Waals surface area contributed by atoms with E-state index in [1.807, 2.05) is 12.1 Å². The van der Waals surface area contributed by atoms with E-state index in [-0.39, 0.29) is 5.91 Å². The topological polar surface area (TPSA) is 63.7 Å². The van der Waals surface area contributed by atoms with Gasteiger partial charge in [-0.1, -0.05) is 17.4 Å². The van der Waals surface area contributed by atoms with Gasteiger partial charge < -0.3 is 19.7 Å². The SMILES string of the molecule is COc1cccc2sc(N3CCC(CC(=O)NC4CCOCC4)CC3)nc12. The fraction of sp³-hybridized carbons (Fsp3) is 0.600. The van der Waals surface area contributed by atoms with Crippen LogP contribution in [0.5, 0.6) is 5.75 Å². The molecule has 0 unspecified atom stereocenters. The molecule has 27 heavy (non-hydrogen) atoms. The number of carbonyl (C=O) groups is 1. The lowest BCUT2D eigenvalue weighted by Crippen LogP contribution is -2.41. The normalized spacial score (nSPS) is 19.4. The van der Waals surface area contributed by atoms with Crippen molar-refractivity contribution in [2.75, 3.05) is 38.3 Å². The number of nitrogens with one attached hydrogen (secondary N) is 1. The Kier molecular flexibility index (Phi) is 5.78. The van der Waals surface area contributed by atoms with Crippen molar-refractivity contribution in [1.82, 2.24) is 10.3 Å².